The predicted octanol–water partition coefficient (Wildman–Crippen LogP) is 4.30. The first-order chi connectivity index (χ1) is 13.5. The van der Waals surface area contributed by atoms with Gasteiger partial charge in [0.1, 0.15) is 5.52 Å². The second-order valence-corrected chi connectivity index (χ2v) is 7.37. The molecule has 1 aliphatic heterocycles. The van der Waals surface area contributed by atoms with Crippen molar-refractivity contribution in [2.45, 2.75) is 38.7 Å². The molecule has 0 bridgehead atoms. The second kappa shape index (κ2) is 7.66. The number of benzene rings is 1. The number of ether oxygens (including phenoxy) is 2. The third-order valence-corrected chi connectivity index (χ3v) is 5.41. The smallest absolute Gasteiger partial charge is 0.338 e. The van der Waals surface area contributed by atoms with Crippen LogP contribution < -0.4 is 0 Å². The molecule has 146 valence electrons. The van der Waals surface area contributed by atoms with Crippen molar-refractivity contribution in [3.05, 3.63) is 52.7 Å². The van der Waals surface area contributed by atoms with Gasteiger partial charge in [0.05, 0.1) is 18.0 Å². The van der Waals surface area contributed by atoms with E-state index in [0.29, 0.717) is 16.7 Å². The largest absolute Gasteiger partial charge is 0.454 e. The van der Waals surface area contributed by atoms with Crippen molar-refractivity contribution >= 4 is 40.3 Å². The number of nitrogens with zero attached hydrogens (tertiary/aromatic N) is 4. The molecule has 4 unspecified atom stereocenters. The van der Waals surface area contributed by atoms with Gasteiger partial charge in [-0.15, -0.1) is 0 Å². The molecule has 0 radical (unpaired) electrons. The van der Waals surface area contributed by atoms with E-state index < -0.39 is 18.3 Å². The highest BCUT2D eigenvalue weighted by Crippen LogP contribution is 2.39. The van der Waals surface area contributed by atoms with E-state index in [9.17, 15) is 4.79 Å². The van der Waals surface area contributed by atoms with Crippen LogP contribution in [0.5, 0.6) is 0 Å². The average Bonchev–Trinajstić information content (AvgIpc) is 3.24. The zero-order chi connectivity index (χ0) is 19.8. The van der Waals surface area contributed by atoms with E-state index in [-0.39, 0.29) is 22.5 Å². The van der Waals surface area contributed by atoms with Crippen LogP contribution in [0.25, 0.3) is 11.2 Å². The van der Waals surface area contributed by atoms with Crippen molar-refractivity contribution in [2.75, 3.05) is 0 Å². The lowest BCUT2D eigenvalue weighted by Crippen LogP contribution is -2.30. The van der Waals surface area contributed by atoms with E-state index >= 15 is 0 Å². The number of rotatable bonds is 4. The summed E-state index contributed by atoms with van der Waals surface area (Å²) in [5, 5.41) is 0.167. The Balaban J connectivity index is 1.71. The van der Waals surface area contributed by atoms with E-state index in [0.717, 1.165) is 6.42 Å². The van der Waals surface area contributed by atoms with Crippen LogP contribution in [0.1, 0.15) is 36.9 Å². The van der Waals surface area contributed by atoms with Crippen molar-refractivity contribution in [3.8, 4) is 0 Å². The Kier molecular flexibility index (Phi) is 5.23. The Hall–Kier alpha value is -2.22. The molecule has 0 N–H and O–H groups in total. The molecular formula is C19H18Cl2N4O3. The zero-order valence-corrected chi connectivity index (χ0v) is 16.8. The summed E-state index contributed by atoms with van der Waals surface area (Å²) in [4.78, 5) is 25.1. The summed E-state index contributed by atoms with van der Waals surface area (Å²) in [6.07, 6.45) is 1.13. The van der Waals surface area contributed by atoms with Crippen molar-refractivity contribution < 1.29 is 14.3 Å². The van der Waals surface area contributed by atoms with Gasteiger partial charge in [-0.3, -0.25) is 4.57 Å². The summed E-state index contributed by atoms with van der Waals surface area (Å²) in [5.41, 5.74) is 1.33. The molecule has 1 saturated heterocycles. The van der Waals surface area contributed by atoms with Gasteiger partial charge in [0.2, 0.25) is 5.28 Å². The highest BCUT2D eigenvalue weighted by molar-refractivity contribution is 6.35. The fourth-order valence-electron chi connectivity index (χ4n) is 3.52. The van der Waals surface area contributed by atoms with Gasteiger partial charge in [-0.05, 0) is 30.2 Å². The molecule has 4 rings (SSSR count). The molecule has 1 fully saturated rings. The summed E-state index contributed by atoms with van der Waals surface area (Å²) in [5.74, 6) is -0.425. The zero-order valence-electron chi connectivity index (χ0n) is 15.3. The van der Waals surface area contributed by atoms with Gasteiger partial charge in [-0.2, -0.15) is 4.98 Å². The number of fused-ring (bicyclic) bond motifs is 1. The monoisotopic (exact) mass is 420 g/mol. The topological polar surface area (TPSA) is 79.1 Å². The number of esters is 1. The number of hydrogen-bond donors (Lipinski definition) is 0. The number of carbonyl (C=O) groups is 1. The normalized spacial score (nSPS) is 24.6. The van der Waals surface area contributed by atoms with E-state index in [2.05, 4.69) is 15.0 Å². The van der Waals surface area contributed by atoms with Gasteiger partial charge < -0.3 is 9.47 Å². The van der Waals surface area contributed by atoms with Crippen LogP contribution in [-0.2, 0) is 9.47 Å². The maximum atomic E-state index is 12.7. The fraction of sp³-hybridized carbons (Fsp3) is 0.368. The minimum Gasteiger partial charge on any atom is -0.454 e. The molecule has 0 aliphatic carbocycles. The summed E-state index contributed by atoms with van der Waals surface area (Å²) >= 11 is 12.1. The molecule has 2 aromatic heterocycles. The van der Waals surface area contributed by atoms with Crippen LogP contribution in [0.15, 0.2) is 36.7 Å². The molecule has 0 saturated carbocycles. The van der Waals surface area contributed by atoms with Crippen molar-refractivity contribution in [2.24, 2.45) is 5.92 Å². The Labute approximate surface area is 171 Å². The first-order valence-corrected chi connectivity index (χ1v) is 9.72. The third kappa shape index (κ3) is 3.34. The predicted molar refractivity (Wildman–Crippen MR) is 104 cm³/mol. The Morgan fingerprint density at radius 3 is 2.71 bits per heavy atom. The number of carbonyl (C=O) groups excluding carboxylic acids is 1. The Morgan fingerprint density at radius 2 is 2.00 bits per heavy atom. The number of imidazole rings is 1. The van der Waals surface area contributed by atoms with Crippen LogP contribution in [0, 0.1) is 5.92 Å². The van der Waals surface area contributed by atoms with E-state index in [1.165, 1.54) is 0 Å². The van der Waals surface area contributed by atoms with Gasteiger partial charge in [-0.25, -0.2) is 14.8 Å². The van der Waals surface area contributed by atoms with Gasteiger partial charge >= 0.3 is 5.97 Å². The third-order valence-electron chi connectivity index (χ3n) is 4.98. The summed E-state index contributed by atoms with van der Waals surface area (Å²) in [6.45, 7) is 4.03. The van der Waals surface area contributed by atoms with Gasteiger partial charge in [0.15, 0.2) is 23.1 Å². The molecule has 0 amide bonds. The minimum absolute atomic E-state index is 0.00941. The summed E-state index contributed by atoms with van der Waals surface area (Å²) < 4.78 is 13.8. The summed E-state index contributed by atoms with van der Waals surface area (Å²) in [7, 11) is 0. The van der Waals surface area contributed by atoms with Gasteiger partial charge in [0.25, 0.3) is 0 Å². The molecule has 28 heavy (non-hydrogen) atoms. The van der Waals surface area contributed by atoms with Crippen LogP contribution in [0.4, 0.5) is 0 Å². The number of halogens is 2. The first kappa shape index (κ1) is 19.1. The van der Waals surface area contributed by atoms with Crippen molar-refractivity contribution in [1.29, 1.82) is 0 Å². The summed E-state index contributed by atoms with van der Waals surface area (Å²) in [6, 6.07) is 8.87. The number of hydrogen-bond acceptors (Lipinski definition) is 6. The lowest BCUT2D eigenvalue weighted by Gasteiger charge is -2.22. The molecule has 0 spiro atoms. The molecule has 1 aliphatic rings. The molecule has 3 aromatic rings. The quantitative estimate of drug-likeness (QED) is 0.355. The Morgan fingerprint density at radius 1 is 1.25 bits per heavy atom. The lowest BCUT2D eigenvalue weighted by molar-refractivity contribution is -0.0469. The van der Waals surface area contributed by atoms with Crippen LogP contribution >= 0.6 is 23.2 Å². The van der Waals surface area contributed by atoms with Crippen LogP contribution in [0.2, 0.25) is 10.4 Å². The lowest BCUT2D eigenvalue weighted by atomic mass is 9.98. The van der Waals surface area contributed by atoms with E-state index in [1.54, 1.807) is 35.2 Å². The molecule has 4 atom stereocenters. The van der Waals surface area contributed by atoms with E-state index in [4.69, 9.17) is 32.7 Å². The average molecular weight is 421 g/mol. The minimum atomic E-state index is -0.598. The molecule has 1 aromatic carbocycles. The van der Waals surface area contributed by atoms with Gasteiger partial charge in [0, 0.05) is 5.92 Å². The standard InChI is InChI=1S/C19H18Cl2N4O3/c1-3-12-10(2)14(28-18(26)11-7-5-4-6-8-11)17(27-12)25-9-22-13-15(20)23-19(21)24-16(13)25/h4-10,12,14,17H,3H2,1-2H3. The van der Waals surface area contributed by atoms with E-state index in [1.807, 2.05) is 19.9 Å². The van der Waals surface area contributed by atoms with Crippen LogP contribution in [-0.4, -0.2) is 37.7 Å². The Bertz CT molecular complexity index is 1010. The van der Waals surface area contributed by atoms with Gasteiger partial charge in [-0.1, -0.05) is 43.6 Å². The van der Waals surface area contributed by atoms with Crippen LogP contribution in [0.3, 0.4) is 0 Å². The first-order valence-electron chi connectivity index (χ1n) is 8.96. The molecule has 9 heteroatoms. The maximum absolute atomic E-state index is 12.7. The second-order valence-electron chi connectivity index (χ2n) is 6.68. The molecule has 3 heterocycles. The highest BCUT2D eigenvalue weighted by atomic mass is 35.5. The van der Waals surface area contributed by atoms with Crippen molar-refractivity contribution in [1.82, 2.24) is 19.5 Å². The van der Waals surface area contributed by atoms with Crippen molar-refractivity contribution in [3.63, 3.8) is 0 Å². The highest BCUT2D eigenvalue weighted by Gasteiger charge is 2.45. The number of aromatic nitrogens is 4. The maximum Gasteiger partial charge on any atom is 0.338 e. The molecular weight excluding hydrogens is 403 g/mol. The molecule has 7 nitrogen and oxygen atoms in total. The fourth-order valence-corrected chi connectivity index (χ4v) is 3.94. The SMILES string of the molecule is CCC1OC(n2cnc3c(Cl)nc(Cl)nc32)C(OC(=O)c2ccccc2)C1C.